The summed E-state index contributed by atoms with van der Waals surface area (Å²) < 4.78 is 15.0. The van der Waals surface area contributed by atoms with E-state index in [0.29, 0.717) is 11.5 Å². The van der Waals surface area contributed by atoms with E-state index < -0.39 is 17.9 Å². The molecule has 0 saturated carbocycles. The van der Waals surface area contributed by atoms with Gasteiger partial charge in [0.2, 0.25) is 6.79 Å². The summed E-state index contributed by atoms with van der Waals surface area (Å²) in [6, 6.07) is 5.28. The fourth-order valence-electron chi connectivity index (χ4n) is 1.97. The van der Waals surface area contributed by atoms with Crippen LogP contribution in [0.4, 0.5) is 0 Å². The molecule has 0 radical (unpaired) electrons. The number of carbonyl (C=O) groups is 2. The van der Waals surface area contributed by atoms with E-state index in [-0.39, 0.29) is 19.6 Å². The lowest BCUT2D eigenvalue weighted by atomic mass is 9.96. The molecule has 0 fully saturated rings. The van der Waals surface area contributed by atoms with E-state index >= 15 is 0 Å². The molecular formula is C13H14O6. The Bertz CT molecular complexity index is 496. The van der Waals surface area contributed by atoms with E-state index in [9.17, 15) is 9.59 Å². The average molecular weight is 266 g/mol. The molecule has 6 heteroatoms. The van der Waals surface area contributed by atoms with Crippen LogP contribution in [0.1, 0.15) is 12.0 Å². The van der Waals surface area contributed by atoms with Gasteiger partial charge in [-0.25, -0.2) is 0 Å². The third-order valence-electron chi connectivity index (χ3n) is 2.87. The lowest BCUT2D eigenvalue weighted by molar-refractivity contribution is -0.150. The maximum Gasteiger partial charge on any atom is 0.309 e. The molecule has 0 saturated heterocycles. The Morgan fingerprint density at radius 3 is 2.79 bits per heavy atom. The predicted octanol–water partition coefficient (Wildman–Crippen LogP) is 1.22. The molecule has 19 heavy (non-hydrogen) atoms. The van der Waals surface area contributed by atoms with Gasteiger partial charge in [-0.1, -0.05) is 6.07 Å². The van der Waals surface area contributed by atoms with Crippen molar-refractivity contribution >= 4 is 11.9 Å². The van der Waals surface area contributed by atoms with Crippen LogP contribution in [0.5, 0.6) is 11.5 Å². The van der Waals surface area contributed by atoms with Crippen molar-refractivity contribution in [3.8, 4) is 11.5 Å². The molecule has 1 aromatic rings. The number of aliphatic carboxylic acids is 1. The first-order chi connectivity index (χ1) is 9.10. The second kappa shape index (κ2) is 5.60. The monoisotopic (exact) mass is 266 g/mol. The Kier molecular flexibility index (Phi) is 3.89. The third kappa shape index (κ3) is 3.15. The molecule has 0 bridgehead atoms. The van der Waals surface area contributed by atoms with Gasteiger partial charge in [0.15, 0.2) is 11.5 Å². The molecule has 102 valence electrons. The van der Waals surface area contributed by atoms with E-state index in [1.807, 2.05) is 0 Å². The van der Waals surface area contributed by atoms with E-state index in [1.54, 1.807) is 18.2 Å². The van der Waals surface area contributed by atoms with Gasteiger partial charge in [0.1, 0.15) is 0 Å². The van der Waals surface area contributed by atoms with Crippen molar-refractivity contribution in [3.05, 3.63) is 23.8 Å². The number of hydrogen-bond acceptors (Lipinski definition) is 5. The summed E-state index contributed by atoms with van der Waals surface area (Å²) in [5.41, 5.74) is 0.806. The highest BCUT2D eigenvalue weighted by Gasteiger charge is 2.24. The summed E-state index contributed by atoms with van der Waals surface area (Å²) in [7, 11) is 1.25. The molecule has 0 spiro atoms. The first-order valence-electron chi connectivity index (χ1n) is 5.78. The molecule has 1 heterocycles. The highest BCUT2D eigenvalue weighted by molar-refractivity contribution is 5.79. The molecule has 1 aromatic carbocycles. The second-order valence-electron chi connectivity index (χ2n) is 4.21. The van der Waals surface area contributed by atoms with Gasteiger partial charge in [-0.3, -0.25) is 9.59 Å². The van der Waals surface area contributed by atoms with Gasteiger partial charge in [0.05, 0.1) is 19.4 Å². The zero-order chi connectivity index (χ0) is 13.8. The lowest BCUT2D eigenvalue weighted by Gasteiger charge is -2.12. The van der Waals surface area contributed by atoms with Gasteiger partial charge in [-0.05, 0) is 24.1 Å². The highest BCUT2D eigenvalue weighted by Crippen LogP contribution is 2.33. The number of carboxylic acid groups (broad SMARTS) is 1. The molecule has 1 aliphatic rings. The number of rotatable bonds is 5. The normalized spacial score (nSPS) is 13.9. The van der Waals surface area contributed by atoms with Gasteiger partial charge >= 0.3 is 11.9 Å². The number of ether oxygens (including phenoxy) is 3. The third-order valence-corrected chi connectivity index (χ3v) is 2.87. The van der Waals surface area contributed by atoms with E-state index in [0.717, 1.165) is 5.56 Å². The minimum atomic E-state index is -1.03. The Morgan fingerprint density at radius 2 is 2.11 bits per heavy atom. The van der Waals surface area contributed by atoms with Crippen molar-refractivity contribution in [1.29, 1.82) is 0 Å². The number of hydrogen-bond donors (Lipinski definition) is 1. The average Bonchev–Trinajstić information content (AvgIpc) is 2.84. The maximum absolute atomic E-state index is 11.5. The number of carbonyl (C=O) groups excluding carboxylic acids is 1. The minimum absolute atomic E-state index is 0.175. The van der Waals surface area contributed by atoms with E-state index in [4.69, 9.17) is 14.6 Å². The highest BCUT2D eigenvalue weighted by atomic mass is 16.7. The standard InChI is InChI=1S/C13H14O6/c1-17-13(16)9(6-12(14)15)4-8-2-3-10-11(5-8)19-7-18-10/h2-3,5,9H,4,6-7H2,1H3,(H,14,15). The summed E-state index contributed by atoms with van der Waals surface area (Å²) in [6.07, 6.45) is 0.0245. The summed E-state index contributed by atoms with van der Waals surface area (Å²) in [5, 5.41) is 8.81. The van der Waals surface area contributed by atoms with Crippen LogP contribution in [0.25, 0.3) is 0 Å². The Morgan fingerprint density at radius 1 is 1.37 bits per heavy atom. The summed E-state index contributed by atoms with van der Waals surface area (Å²) in [5.74, 6) is -1.01. The predicted molar refractivity (Wildman–Crippen MR) is 64.0 cm³/mol. The molecule has 0 aliphatic carbocycles. The van der Waals surface area contributed by atoms with Gasteiger partial charge < -0.3 is 19.3 Å². The van der Waals surface area contributed by atoms with Crippen LogP contribution in [0.3, 0.4) is 0 Å². The van der Waals surface area contributed by atoms with Crippen LogP contribution in [-0.4, -0.2) is 30.9 Å². The first-order valence-corrected chi connectivity index (χ1v) is 5.78. The Labute approximate surface area is 109 Å². The summed E-state index contributed by atoms with van der Waals surface area (Å²) in [4.78, 5) is 22.3. The lowest BCUT2D eigenvalue weighted by Crippen LogP contribution is -2.22. The fraction of sp³-hybridized carbons (Fsp3) is 0.385. The van der Waals surface area contributed by atoms with Crippen LogP contribution in [0, 0.1) is 5.92 Å². The molecule has 1 aliphatic heterocycles. The maximum atomic E-state index is 11.5. The van der Waals surface area contributed by atoms with Gasteiger partial charge in [0, 0.05) is 0 Å². The van der Waals surface area contributed by atoms with Crippen molar-refractivity contribution < 1.29 is 28.9 Å². The summed E-state index contributed by atoms with van der Waals surface area (Å²) >= 11 is 0. The summed E-state index contributed by atoms with van der Waals surface area (Å²) in [6.45, 7) is 0.175. The second-order valence-corrected chi connectivity index (χ2v) is 4.21. The zero-order valence-corrected chi connectivity index (χ0v) is 10.4. The van der Waals surface area contributed by atoms with Crippen molar-refractivity contribution in [2.24, 2.45) is 5.92 Å². The Balaban J connectivity index is 2.12. The van der Waals surface area contributed by atoms with Crippen LogP contribution in [0.2, 0.25) is 0 Å². The van der Waals surface area contributed by atoms with E-state index in [2.05, 4.69) is 4.74 Å². The largest absolute Gasteiger partial charge is 0.481 e. The fourth-order valence-corrected chi connectivity index (χ4v) is 1.97. The van der Waals surface area contributed by atoms with Crippen molar-refractivity contribution in [2.45, 2.75) is 12.8 Å². The van der Waals surface area contributed by atoms with Gasteiger partial charge in [-0.15, -0.1) is 0 Å². The van der Waals surface area contributed by atoms with Crippen molar-refractivity contribution in [2.75, 3.05) is 13.9 Å². The molecule has 0 amide bonds. The minimum Gasteiger partial charge on any atom is -0.481 e. The molecule has 1 N–H and O–H groups in total. The molecule has 1 atom stereocenters. The topological polar surface area (TPSA) is 82.1 Å². The van der Waals surface area contributed by atoms with Crippen LogP contribution < -0.4 is 9.47 Å². The van der Waals surface area contributed by atoms with Crippen molar-refractivity contribution in [3.63, 3.8) is 0 Å². The number of carboxylic acids is 1. The van der Waals surface area contributed by atoms with Gasteiger partial charge in [0.25, 0.3) is 0 Å². The Hall–Kier alpha value is -2.24. The molecule has 0 aromatic heterocycles. The van der Waals surface area contributed by atoms with E-state index in [1.165, 1.54) is 7.11 Å². The number of esters is 1. The van der Waals surface area contributed by atoms with Crippen LogP contribution in [0.15, 0.2) is 18.2 Å². The number of benzene rings is 1. The van der Waals surface area contributed by atoms with Crippen LogP contribution in [-0.2, 0) is 20.7 Å². The first kappa shape index (κ1) is 13.2. The van der Waals surface area contributed by atoms with Crippen molar-refractivity contribution in [1.82, 2.24) is 0 Å². The number of fused-ring (bicyclic) bond motifs is 1. The SMILES string of the molecule is COC(=O)C(CC(=O)O)Cc1ccc2c(c1)OCO2. The van der Waals surface area contributed by atoms with Gasteiger partial charge in [-0.2, -0.15) is 0 Å². The zero-order valence-electron chi connectivity index (χ0n) is 10.4. The molecule has 6 nitrogen and oxygen atoms in total. The smallest absolute Gasteiger partial charge is 0.309 e. The number of methoxy groups -OCH3 is 1. The molecule has 1 unspecified atom stereocenters. The molecule has 2 rings (SSSR count). The molecular weight excluding hydrogens is 252 g/mol. The van der Waals surface area contributed by atoms with Crippen LogP contribution >= 0.6 is 0 Å². The quantitative estimate of drug-likeness (QED) is 0.807.